The number of nitriles is 1. The Morgan fingerprint density at radius 1 is 1.42 bits per heavy atom. The number of nitrogens with one attached hydrogen (secondary N) is 1. The summed E-state index contributed by atoms with van der Waals surface area (Å²) in [5, 5.41) is 9.02. The predicted molar refractivity (Wildman–Crippen MR) is 75.7 cm³/mol. The lowest BCUT2D eigenvalue weighted by molar-refractivity contribution is -0.139. The minimum Gasteiger partial charge on any atom is -0.449 e. The molecule has 5 nitrogen and oxygen atoms in total. The molecule has 0 radical (unpaired) electrons. The van der Waals surface area contributed by atoms with Gasteiger partial charge in [-0.1, -0.05) is 11.6 Å². The van der Waals surface area contributed by atoms with Crippen molar-refractivity contribution in [2.24, 2.45) is 0 Å². The van der Waals surface area contributed by atoms with Crippen LogP contribution in [0.1, 0.15) is 16.8 Å². The molecule has 0 amide bonds. The second kappa shape index (κ2) is 6.49. The van der Waals surface area contributed by atoms with E-state index < -0.39 is 29.4 Å². The second-order valence-electron chi connectivity index (χ2n) is 4.62. The molecule has 0 atom stereocenters. The van der Waals surface area contributed by atoms with Crippen LogP contribution in [0.3, 0.4) is 0 Å². The summed E-state index contributed by atoms with van der Waals surface area (Å²) in [7, 11) is 0. The zero-order chi connectivity index (χ0) is 18.1. The van der Waals surface area contributed by atoms with E-state index in [9.17, 15) is 22.4 Å². The topological polar surface area (TPSA) is 78.8 Å². The maximum atomic E-state index is 13.6. The van der Waals surface area contributed by atoms with Crippen LogP contribution in [0.15, 0.2) is 23.3 Å². The summed E-state index contributed by atoms with van der Waals surface area (Å²) in [6.07, 6.45) is -3.53. The molecule has 1 N–H and O–H groups in total. The van der Waals surface area contributed by atoms with Crippen LogP contribution in [0.25, 0.3) is 0 Å². The van der Waals surface area contributed by atoms with Crippen molar-refractivity contribution in [3.8, 4) is 17.6 Å². The van der Waals surface area contributed by atoms with Gasteiger partial charge in [0.05, 0.1) is 18.0 Å². The summed E-state index contributed by atoms with van der Waals surface area (Å²) in [6, 6.07) is 4.26. The molecule has 0 aliphatic rings. The van der Waals surface area contributed by atoms with Crippen LogP contribution >= 0.6 is 11.6 Å². The Hall–Kier alpha value is -2.60. The van der Waals surface area contributed by atoms with E-state index in [1.807, 2.05) is 4.98 Å². The molecule has 0 aliphatic heterocycles. The van der Waals surface area contributed by atoms with Crippen LogP contribution < -0.4 is 10.3 Å². The molecule has 1 aromatic carbocycles. The number of rotatable bonds is 4. The zero-order valence-corrected chi connectivity index (χ0v) is 12.7. The van der Waals surface area contributed by atoms with Crippen LogP contribution in [-0.4, -0.2) is 16.4 Å². The molecule has 10 heteroatoms. The fraction of sp³-hybridized carbons (Fsp3) is 0.214. The number of alkyl halides is 4. The quantitative estimate of drug-likeness (QED) is 0.841. The Morgan fingerprint density at radius 3 is 2.67 bits per heavy atom. The lowest BCUT2D eigenvalue weighted by Gasteiger charge is -2.18. The van der Waals surface area contributed by atoms with Crippen LogP contribution in [0.5, 0.6) is 11.5 Å². The van der Waals surface area contributed by atoms with Gasteiger partial charge in [0.25, 0.3) is 5.56 Å². The van der Waals surface area contributed by atoms with Crippen LogP contribution in [0, 0.1) is 18.3 Å². The van der Waals surface area contributed by atoms with E-state index in [0.717, 1.165) is 6.07 Å². The molecular formula is C14H8ClF4N3O2. The second-order valence-corrected chi connectivity index (χ2v) is 5.06. The van der Waals surface area contributed by atoms with E-state index in [1.165, 1.54) is 13.0 Å². The lowest BCUT2D eigenvalue weighted by atomic mass is 10.1. The normalized spacial score (nSPS) is 11.4. The predicted octanol–water partition coefficient (Wildman–Crippen LogP) is 3.75. The molecule has 24 heavy (non-hydrogen) atoms. The van der Waals surface area contributed by atoms with E-state index in [1.54, 1.807) is 6.07 Å². The first-order valence-corrected chi connectivity index (χ1v) is 6.68. The number of ether oxygens (including phenoxy) is 1. The minimum atomic E-state index is -4.70. The number of aromatic amines is 1. The Morgan fingerprint density at radius 2 is 2.08 bits per heavy atom. The van der Waals surface area contributed by atoms with Gasteiger partial charge >= 0.3 is 12.3 Å². The van der Waals surface area contributed by atoms with Gasteiger partial charge in [-0.15, -0.1) is 0 Å². The number of benzene rings is 1. The Balaban J connectivity index is 2.63. The van der Waals surface area contributed by atoms with Gasteiger partial charge in [0.2, 0.25) is 5.75 Å². The van der Waals surface area contributed by atoms with Crippen LogP contribution in [0.4, 0.5) is 17.6 Å². The molecule has 2 rings (SSSR count). The molecule has 0 spiro atoms. The van der Waals surface area contributed by atoms with Crippen LogP contribution in [-0.2, 0) is 5.92 Å². The van der Waals surface area contributed by atoms with Crippen molar-refractivity contribution in [1.29, 1.82) is 5.26 Å². The minimum absolute atomic E-state index is 0.0367. The zero-order valence-electron chi connectivity index (χ0n) is 11.9. The molecule has 1 heterocycles. The Labute approximate surface area is 137 Å². The molecular weight excluding hydrogens is 354 g/mol. The molecule has 1 aromatic heterocycles. The maximum Gasteiger partial charge on any atom is 0.352 e. The summed E-state index contributed by atoms with van der Waals surface area (Å²) in [5.74, 6) is -6.00. The Bertz CT molecular complexity index is 877. The maximum absolute atomic E-state index is 13.6. The van der Waals surface area contributed by atoms with Gasteiger partial charge in [0.1, 0.15) is 5.75 Å². The number of H-pyrrole nitrogens is 1. The highest BCUT2D eigenvalue weighted by Crippen LogP contribution is 2.39. The first-order valence-electron chi connectivity index (χ1n) is 6.30. The van der Waals surface area contributed by atoms with Crippen LogP contribution in [0.2, 0.25) is 5.02 Å². The van der Waals surface area contributed by atoms with Crippen molar-refractivity contribution < 1.29 is 22.3 Å². The van der Waals surface area contributed by atoms with E-state index in [4.69, 9.17) is 21.6 Å². The molecule has 0 saturated heterocycles. The third-order valence-electron chi connectivity index (χ3n) is 3.06. The molecule has 0 fully saturated rings. The lowest BCUT2D eigenvalue weighted by Crippen LogP contribution is -2.28. The SMILES string of the molecule is Cc1c(C#N)cc(Cl)cc1Oc1c(C(F)(F)C(F)F)nc[nH]c1=O. The van der Waals surface area contributed by atoms with Gasteiger partial charge < -0.3 is 9.72 Å². The smallest absolute Gasteiger partial charge is 0.352 e. The molecule has 0 aliphatic carbocycles. The van der Waals surface area contributed by atoms with Gasteiger partial charge in [-0.2, -0.15) is 14.0 Å². The number of halogens is 5. The molecule has 0 unspecified atom stereocenters. The summed E-state index contributed by atoms with van der Waals surface area (Å²) in [5.41, 5.74) is -2.44. The number of nitrogens with zero attached hydrogens (tertiary/aromatic N) is 2. The van der Waals surface area contributed by atoms with E-state index >= 15 is 0 Å². The fourth-order valence-electron chi connectivity index (χ4n) is 1.81. The highest BCUT2D eigenvalue weighted by atomic mass is 35.5. The number of hydrogen-bond acceptors (Lipinski definition) is 4. The average Bonchev–Trinajstić information content (AvgIpc) is 2.51. The standard InChI is InChI=1S/C14H8ClF4N3O2/c1-6-7(4-20)2-8(15)3-9(6)24-10-11(14(18,19)13(16)17)21-5-22-12(10)23/h2-3,5,13H,1H3,(H,21,22,23). The van der Waals surface area contributed by atoms with Gasteiger partial charge in [-0.05, 0) is 19.1 Å². The van der Waals surface area contributed by atoms with Crippen molar-refractivity contribution in [2.45, 2.75) is 19.3 Å². The average molecular weight is 362 g/mol. The summed E-state index contributed by atoms with van der Waals surface area (Å²) < 4.78 is 57.5. The first-order chi connectivity index (χ1) is 11.2. The number of aromatic nitrogens is 2. The summed E-state index contributed by atoms with van der Waals surface area (Å²) in [6.45, 7) is 1.42. The van der Waals surface area contributed by atoms with Crippen molar-refractivity contribution in [2.75, 3.05) is 0 Å². The highest BCUT2D eigenvalue weighted by Gasteiger charge is 2.47. The monoisotopic (exact) mass is 361 g/mol. The molecule has 0 saturated carbocycles. The van der Waals surface area contributed by atoms with Crippen molar-refractivity contribution in [3.05, 3.63) is 50.7 Å². The van der Waals surface area contributed by atoms with E-state index in [2.05, 4.69) is 4.98 Å². The third kappa shape index (κ3) is 3.19. The Kier molecular flexibility index (Phi) is 4.80. The largest absolute Gasteiger partial charge is 0.449 e. The van der Waals surface area contributed by atoms with Gasteiger partial charge in [-0.25, -0.2) is 13.8 Å². The highest BCUT2D eigenvalue weighted by molar-refractivity contribution is 6.30. The van der Waals surface area contributed by atoms with Crippen molar-refractivity contribution in [3.63, 3.8) is 0 Å². The first kappa shape index (κ1) is 17.7. The van der Waals surface area contributed by atoms with Gasteiger partial charge in [0, 0.05) is 10.6 Å². The van der Waals surface area contributed by atoms with Crippen molar-refractivity contribution >= 4 is 11.6 Å². The number of hydrogen-bond donors (Lipinski definition) is 1. The third-order valence-corrected chi connectivity index (χ3v) is 3.28. The van der Waals surface area contributed by atoms with Crippen molar-refractivity contribution in [1.82, 2.24) is 9.97 Å². The van der Waals surface area contributed by atoms with Gasteiger partial charge in [-0.3, -0.25) is 4.79 Å². The fourth-order valence-corrected chi connectivity index (χ4v) is 2.02. The van der Waals surface area contributed by atoms with Gasteiger partial charge in [0.15, 0.2) is 5.69 Å². The van der Waals surface area contributed by atoms with E-state index in [0.29, 0.717) is 6.33 Å². The summed E-state index contributed by atoms with van der Waals surface area (Å²) >= 11 is 5.79. The molecule has 0 bridgehead atoms. The molecule has 2 aromatic rings. The molecule has 126 valence electrons. The summed E-state index contributed by atoms with van der Waals surface area (Å²) in [4.78, 5) is 16.8. The van der Waals surface area contributed by atoms with E-state index in [-0.39, 0.29) is 21.9 Å².